The third kappa shape index (κ3) is 1.61. The molecular formula is C10H11ClN2O. The monoisotopic (exact) mass is 210 g/mol. The van der Waals surface area contributed by atoms with Crippen molar-refractivity contribution in [3.05, 3.63) is 28.6 Å². The minimum Gasteiger partial charge on any atom is -0.441 e. The van der Waals surface area contributed by atoms with Crippen LogP contribution in [-0.4, -0.2) is 11.5 Å². The predicted octanol–water partition coefficient (Wildman–Crippen LogP) is 2.29. The first-order chi connectivity index (χ1) is 6.70. The summed E-state index contributed by atoms with van der Waals surface area (Å²) in [5.41, 5.74) is 8.13. The maximum Gasteiger partial charge on any atom is 0.192 e. The van der Waals surface area contributed by atoms with Crippen LogP contribution in [0.3, 0.4) is 0 Å². The smallest absolute Gasteiger partial charge is 0.192 e. The van der Waals surface area contributed by atoms with Gasteiger partial charge in [-0.2, -0.15) is 0 Å². The number of nitrogens with zero attached hydrogens (tertiary/aromatic N) is 1. The summed E-state index contributed by atoms with van der Waals surface area (Å²) in [4.78, 5) is 4.22. The van der Waals surface area contributed by atoms with Crippen molar-refractivity contribution in [2.24, 2.45) is 5.73 Å². The van der Waals surface area contributed by atoms with Gasteiger partial charge in [-0.3, -0.25) is 0 Å². The third-order valence-corrected chi connectivity index (χ3v) is 2.27. The molecule has 0 bridgehead atoms. The summed E-state index contributed by atoms with van der Waals surface area (Å²) in [5, 5.41) is 0.675. The zero-order valence-electron chi connectivity index (χ0n) is 7.88. The van der Waals surface area contributed by atoms with Crippen LogP contribution in [0.4, 0.5) is 0 Å². The molecule has 0 aliphatic heterocycles. The number of aryl methyl sites for hydroxylation is 1. The number of rotatable bonds is 2. The van der Waals surface area contributed by atoms with Gasteiger partial charge in [0, 0.05) is 11.9 Å². The van der Waals surface area contributed by atoms with E-state index in [1.807, 2.05) is 13.0 Å². The van der Waals surface area contributed by atoms with Gasteiger partial charge in [-0.1, -0.05) is 11.6 Å². The molecule has 0 fully saturated rings. The van der Waals surface area contributed by atoms with Crippen LogP contribution in [0.15, 0.2) is 16.5 Å². The highest BCUT2D eigenvalue weighted by Crippen LogP contribution is 2.24. The number of benzene rings is 1. The standard InChI is InChI=1S/C10H11ClN2O/c1-6-13-9-5-8(11)4-7(2-3-12)10(9)14-6/h4-5H,2-3,12H2,1H3. The predicted molar refractivity (Wildman–Crippen MR) is 56.5 cm³/mol. The van der Waals surface area contributed by atoms with Gasteiger partial charge in [0.25, 0.3) is 0 Å². The number of fused-ring (bicyclic) bond motifs is 1. The molecule has 2 aromatic rings. The van der Waals surface area contributed by atoms with Gasteiger partial charge in [0.15, 0.2) is 11.5 Å². The van der Waals surface area contributed by atoms with Gasteiger partial charge >= 0.3 is 0 Å². The van der Waals surface area contributed by atoms with Crippen LogP contribution in [0, 0.1) is 6.92 Å². The second-order valence-electron chi connectivity index (χ2n) is 3.18. The molecule has 4 heteroatoms. The molecule has 14 heavy (non-hydrogen) atoms. The summed E-state index contributed by atoms with van der Waals surface area (Å²) in [6, 6.07) is 3.68. The lowest BCUT2D eigenvalue weighted by Gasteiger charge is -1.99. The fourth-order valence-electron chi connectivity index (χ4n) is 1.52. The summed E-state index contributed by atoms with van der Waals surface area (Å²) in [7, 11) is 0. The van der Waals surface area contributed by atoms with Crippen LogP contribution in [0.2, 0.25) is 5.02 Å². The van der Waals surface area contributed by atoms with Crippen molar-refractivity contribution in [2.45, 2.75) is 13.3 Å². The second kappa shape index (κ2) is 3.59. The molecule has 74 valence electrons. The molecule has 3 nitrogen and oxygen atoms in total. The first kappa shape index (κ1) is 9.49. The number of oxazole rings is 1. The number of hydrogen-bond acceptors (Lipinski definition) is 3. The maximum atomic E-state index is 5.95. The zero-order valence-corrected chi connectivity index (χ0v) is 8.64. The molecule has 0 saturated heterocycles. The van der Waals surface area contributed by atoms with Crippen molar-refractivity contribution >= 4 is 22.7 Å². The maximum absolute atomic E-state index is 5.95. The summed E-state index contributed by atoms with van der Waals surface area (Å²) in [6.45, 7) is 2.40. The zero-order chi connectivity index (χ0) is 10.1. The molecule has 1 aromatic carbocycles. The fraction of sp³-hybridized carbons (Fsp3) is 0.300. The van der Waals surface area contributed by atoms with Gasteiger partial charge in [-0.05, 0) is 30.7 Å². The minimum atomic E-state index is 0.579. The molecule has 0 radical (unpaired) electrons. The lowest BCUT2D eigenvalue weighted by Crippen LogP contribution is -2.02. The van der Waals surface area contributed by atoms with Crippen molar-refractivity contribution in [3.8, 4) is 0 Å². The Hall–Kier alpha value is -1.06. The SMILES string of the molecule is Cc1nc2cc(Cl)cc(CCN)c2o1. The van der Waals surface area contributed by atoms with Crippen LogP contribution >= 0.6 is 11.6 Å². The van der Waals surface area contributed by atoms with Crippen LogP contribution < -0.4 is 5.73 Å². The molecule has 0 amide bonds. The van der Waals surface area contributed by atoms with Gasteiger partial charge in [0.05, 0.1) is 0 Å². The Labute approximate surface area is 86.9 Å². The second-order valence-corrected chi connectivity index (χ2v) is 3.62. The van der Waals surface area contributed by atoms with E-state index in [0.717, 1.165) is 23.1 Å². The van der Waals surface area contributed by atoms with E-state index in [1.54, 1.807) is 6.07 Å². The first-order valence-corrected chi connectivity index (χ1v) is 4.84. The molecule has 1 heterocycles. The van der Waals surface area contributed by atoms with Crippen molar-refractivity contribution in [1.82, 2.24) is 4.98 Å². The van der Waals surface area contributed by atoms with Gasteiger partial charge in [0.2, 0.25) is 0 Å². The van der Waals surface area contributed by atoms with Crippen LogP contribution in [0.1, 0.15) is 11.5 Å². The fourth-order valence-corrected chi connectivity index (χ4v) is 1.75. The van der Waals surface area contributed by atoms with E-state index in [-0.39, 0.29) is 0 Å². The topological polar surface area (TPSA) is 52.0 Å². The molecular weight excluding hydrogens is 200 g/mol. The first-order valence-electron chi connectivity index (χ1n) is 4.46. The molecule has 0 aliphatic rings. The van der Waals surface area contributed by atoms with E-state index in [1.165, 1.54) is 0 Å². The Kier molecular flexibility index (Phi) is 2.44. The molecule has 0 spiro atoms. The summed E-state index contributed by atoms with van der Waals surface area (Å²) in [6.07, 6.45) is 0.756. The quantitative estimate of drug-likeness (QED) is 0.828. The van der Waals surface area contributed by atoms with Gasteiger partial charge in [-0.25, -0.2) is 4.98 Å². The van der Waals surface area contributed by atoms with Crippen LogP contribution in [0.25, 0.3) is 11.1 Å². The Morgan fingerprint density at radius 1 is 1.50 bits per heavy atom. The Morgan fingerprint density at radius 2 is 2.29 bits per heavy atom. The molecule has 0 saturated carbocycles. The number of nitrogens with two attached hydrogens (primary N) is 1. The highest BCUT2D eigenvalue weighted by atomic mass is 35.5. The van der Waals surface area contributed by atoms with Crippen LogP contribution in [-0.2, 0) is 6.42 Å². The molecule has 2 N–H and O–H groups in total. The largest absolute Gasteiger partial charge is 0.441 e. The van der Waals surface area contributed by atoms with Crippen molar-refractivity contribution in [3.63, 3.8) is 0 Å². The molecule has 0 aliphatic carbocycles. The van der Waals surface area contributed by atoms with Gasteiger partial charge in [0.1, 0.15) is 5.52 Å². The summed E-state index contributed by atoms with van der Waals surface area (Å²) < 4.78 is 5.48. The van der Waals surface area contributed by atoms with Crippen molar-refractivity contribution in [2.75, 3.05) is 6.54 Å². The van der Waals surface area contributed by atoms with Crippen molar-refractivity contribution in [1.29, 1.82) is 0 Å². The van der Waals surface area contributed by atoms with Gasteiger partial charge < -0.3 is 10.2 Å². The number of halogens is 1. The van der Waals surface area contributed by atoms with Gasteiger partial charge in [-0.15, -0.1) is 0 Å². The average Bonchev–Trinajstić information content (AvgIpc) is 2.45. The summed E-state index contributed by atoms with van der Waals surface area (Å²) >= 11 is 5.95. The van der Waals surface area contributed by atoms with E-state index in [2.05, 4.69) is 4.98 Å². The lowest BCUT2D eigenvalue weighted by atomic mass is 10.1. The molecule has 0 unspecified atom stereocenters. The third-order valence-electron chi connectivity index (χ3n) is 2.05. The highest BCUT2D eigenvalue weighted by molar-refractivity contribution is 6.31. The normalized spacial score (nSPS) is 11.1. The Balaban J connectivity index is 2.66. The Morgan fingerprint density at radius 3 is 3.00 bits per heavy atom. The minimum absolute atomic E-state index is 0.579. The molecule has 0 atom stereocenters. The number of hydrogen-bond donors (Lipinski definition) is 1. The van der Waals surface area contributed by atoms with Crippen LogP contribution in [0.5, 0.6) is 0 Å². The summed E-state index contributed by atoms with van der Waals surface area (Å²) in [5.74, 6) is 0.653. The van der Waals surface area contributed by atoms with E-state index < -0.39 is 0 Å². The van der Waals surface area contributed by atoms with E-state index in [4.69, 9.17) is 21.8 Å². The highest BCUT2D eigenvalue weighted by Gasteiger charge is 2.08. The Bertz CT molecular complexity index is 464. The average molecular weight is 211 g/mol. The molecule has 2 rings (SSSR count). The van der Waals surface area contributed by atoms with Crippen molar-refractivity contribution < 1.29 is 4.42 Å². The molecule has 1 aromatic heterocycles. The van der Waals surface area contributed by atoms with E-state index in [0.29, 0.717) is 17.5 Å². The van der Waals surface area contributed by atoms with E-state index in [9.17, 15) is 0 Å². The van der Waals surface area contributed by atoms with E-state index >= 15 is 0 Å². The lowest BCUT2D eigenvalue weighted by molar-refractivity contribution is 0.557. The number of aromatic nitrogens is 1.